The summed E-state index contributed by atoms with van der Waals surface area (Å²) in [6.07, 6.45) is 1.71. The average Bonchev–Trinajstić information content (AvgIpc) is 3.18. The highest BCUT2D eigenvalue weighted by molar-refractivity contribution is 5.87. The van der Waals surface area contributed by atoms with Crippen LogP contribution in [0, 0.1) is 0 Å². The summed E-state index contributed by atoms with van der Waals surface area (Å²) in [5, 5.41) is 0. The van der Waals surface area contributed by atoms with Gasteiger partial charge in [-0.15, -0.1) is 0 Å². The SMILES string of the molecule is CC1COCCN1c1nc(N2CCOCC2C)c2[nH]c(-c3ccc(N)nc3)nc2n1. The molecule has 0 aliphatic carbocycles. The molecule has 0 radical (unpaired) electrons. The minimum atomic E-state index is 0.200. The lowest BCUT2D eigenvalue weighted by atomic mass is 10.2. The summed E-state index contributed by atoms with van der Waals surface area (Å²) in [6, 6.07) is 4.07. The number of imidazole rings is 1. The molecule has 30 heavy (non-hydrogen) atoms. The Labute approximate surface area is 174 Å². The van der Waals surface area contributed by atoms with E-state index < -0.39 is 0 Å². The van der Waals surface area contributed by atoms with E-state index in [4.69, 9.17) is 30.2 Å². The van der Waals surface area contributed by atoms with Crippen LogP contribution in [0.2, 0.25) is 0 Å². The lowest BCUT2D eigenvalue weighted by Gasteiger charge is -2.36. The van der Waals surface area contributed by atoms with Crippen molar-refractivity contribution in [1.82, 2.24) is 24.9 Å². The number of aromatic amines is 1. The van der Waals surface area contributed by atoms with Gasteiger partial charge in [-0.1, -0.05) is 0 Å². The van der Waals surface area contributed by atoms with Crippen LogP contribution in [0.3, 0.4) is 0 Å². The van der Waals surface area contributed by atoms with Crippen LogP contribution in [-0.2, 0) is 9.47 Å². The zero-order valence-electron chi connectivity index (χ0n) is 17.2. The molecule has 2 aliphatic heterocycles. The quantitative estimate of drug-likeness (QED) is 0.661. The number of hydrogen-bond acceptors (Lipinski definition) is 9. The fraction of sp³-hybridized carbons (Fsp3) is 0.500. The minimum absolute atomic E-state index is 0.200. The molecule has 0 saturated carbocycles. The predicted octanol–water partition coefficient (Wildman–Crippen LogP) is 1.45. The van der Waals surface area contributed by atoms with Crippen molar-refractivity contribution >= 4 is 28.7 Å². The third kappa shape index (κ3) is 3.41. The fourth-order valence-corrected chi connectivity index (χ4v) is 3.96. The van der Waals surface area contributed by atoms with E-state index in [-0.39, 0.29) is 12.1 Å². The normalized spacial score (nSPS) is 22.6. The topological polar surface area (TPSA) is 118 Å². The number of rotatable bonds is 3. The van der Waals surface area contributed by atoms with Gasteiger partial charge in [0.25, 0.3) is 0 Å². The Balaban J connectivity index is 1.64. The Morgan fingerprint density at radius 3 is 2.40 bits per heavy atom. The van der Waals surface area contributed by atoms with Gasteiger partial charge in [-0.2, -0.15) is 9.97 Å². The van der Waals surface area contributed by atoms with E-state index in [0.29, 0.717) is 49.7 Å². The van der Waals surface area contributed by atoms with Crippen LogP contribution >= 0.6 is 0 Å². The van der Waals surface area contributed by atoms with Crippen LogP contribution in [-0.4, -0.2) is 76.5 Å². The number of hydrogen-bond donors (Lipinski definition) is 2. The second-order valence-corrected chi connectivity index (χ2v) is 7.84. The standard InChI is InChI=1S/C20H26N8O2/c1-12-10-29-7-5-27(12)19-16-18(24-17(23-16)14-3-4-15(21)22-9-14)25-20(26-19)28-6-8-30-11-13(28)2/h3-4,9,12-13H,5-8,10-11H2,1-2H3,(H2,21,22)(H,23,24,25,26). The van der Waals surface area contributed by atoms with E-state index in [1.807, 2.05) is 6.07 Å². The summed E-state index contributed by atoms with van der Waals surface area (Å²) in [6.45, 7) is 8.45. The van der Waals surface area contributed by atoms with E-state index in [1.54, 1.807) is 12.3 Å². The zero-order valence-corrected chi connectivity index (χ0v) is 17.2. The number of anilines is 3. The highest BCUT2D eigenvalue weighted by Crippen LogP contribution is 2.31. The van der Waals surface area contributed by atoms with Crippen molar-refractivity contribution in [3.8, 4) is 11.4 Å². The third-order valence-corrected chi connectivity index (χ3v) is 5.64. The highest BCUT2D eigenvalue weighted by atomic mass is 16.5. The summed E-state index contributed by atoms with van der Waals surface area (Å²) in [5.74, 6) is 2.70. The molecule has 2 atom stereocenters. The molecule has 3 aromatic heterocycles. The smallest absolute Gasteiger partial charge is 0.229 e. The molecular weight excluding hydrogens is 384 g/mol. The van der Waals surface area contributed by atoms with Crippen molar-refractivity contribution in [3.05, 3.63) is 18.3 Å². The first kappa shape index (κ1) is 19.0. The van der Waals surface area contributed by atoms with Crippen LogP contribution in [0.25, 0.3) is 22.6 Å². The number of H-pyrrole nitrogens is 1. The maximum absolute atomic E-state index is 5.73. The maximum atomic E-state index is 5.73. The van der Waals surface area contributed by atoms with Crippen LogP contribution < -0.4 is 15.5 Å². The van der Waals surface area contributed by atoms with Gasteiger partial charge < -0.3 is 30.0 Å². The Morgan fingerprint density at radius 1 is 1.00 bits per heavy atom. The zero-order chi connectivity index (χ0) is 20.7. The lowest BCUT2D eigenvalue weighted by molar-refractivity contribution is 0.0973. The number of nitrogen functional groups attached to an aromatic ring is 1. The molecule has 0 amide bonds. The second kappa shape index (κ2) is 7.69. The Hall–Kier alpha value is -2.98. The molecule has 3 aromatic rings. The van der Waals surface area contributed by atoms with Crippen LogP contribution in [0.15, 0.2) is 18.3 Å². The van der Waals surface area contributed by atoms with Crippen molar-refractivity contribution in [2.24, 2.45) is 0 Å². The Bertz CT molecular complexity index is 1040. The first-order valence-corrected chi connectivity index (χ1v) is 10.3. The number of ether oxygens (including phenoxy) is 2. The molecule has 0 spiro atoms. The van der Waals surface area contributed by atoms with E-state index in [1.165, 1.54) is 0 Å². The first-order chi connectivity index (χ1) is 14.6. The van der Waals surface area contributed by atoms with Crippen LogP contribution in [0.4, 0.5) is 17.6 Å². The van der Waals surface area contributed by atoms with Gasteiger partial charge in [-0.3, -0.25) is 0 Å². The van der Waals surface area contributed by atoms with Crippen LogP contribution in [0.5, 0.6) is 0 Å². The maximum Gasteiger partial charge on any atom is 0.229 e. The summed E-state index contributed by atoms with van der Waals surface area (Å²) in [5.41, 5.74) is 8.04. The summed E-state index contributed by atoms with van der Waals surface area (Å²) < 4.78 is 11.2. The summed E-state index contributed by atoms with van der Waals surface area (Å²) >= 11 is 0. The van der Waals surface area contributed by atoms with Gasteiger partial charge in [0.15, 0.2) is 11.5 Å². The minimum Gasteiger partial charge on any atom is -0.384 e. The molecule has 3 N–H and O–H groups in total. The molecule has 0 bridgehead atoms. The van der Waals surface area contributed by atoms with Gasteiger partial charge in [0.1, 0.15) is 17.2 Å². The monoisotopic (exact) mass is 410 g/mol. The molecule has 10 nitrogen and oxygen atoms in total. The van der Waals surface area contributed by atoms with E-state index in [9.17, 15) is 0 Å². The molecule has 158 valence electrons. The number of nitrogens with two attached hydrogens (primary N) is 1. The molecule has 10 heteroatoms. The first-order valence-electron chi connectivity index (χ1n) is 10.3. The lowest BCUT2D eigenvalue weighted by Crippen LogP contribution is -2.46. The largest absolute Gasteiger partial charge is 0.384 e. The average molecular weight is 410 g/mol. The Morgan fingerprint density at radius 2 is 1.73 bits per heavy atom. The van der Waals surface area contributed by atoms with Gasteiger partial charge in [-0.05, 0) is 26.0 Å². The molecule has 0 aromatic carbocycles. The van der Waals surface area contributed by atoms with Crippen molar-refractivity contribution < 1.29 is 9.47 Å². The number of nitrogens with one attached hydrogen (secondary N) is 1. The van der Waals surface area contributed by atoms with Gasteiger partial charge in [0, 0.05) is 24.8 Å². The van der Waals surface area contributed by atoms with Crippen LogP contribution in [0.1, 0.15) is 13.8 Å². The van der Waals surface area contributed by atoms with Gasteiger partial charge in [0.05, 0.1) is 38.5 Å². The van der Waals surface area contributed by atoms with Gasteiger partial charge >= 0.3 is 0 Å². The van der Waals surface area contributed by atoms with Gasteiger partial charge in [-0.25, -0.2) is 9.97 Å². The van der Waals surface area contributed by atoms with Crippen molar-refractivity contribution in [1.29, 1.82) is 0 Å². The van der Waals surface area contributed by atoms with E-state index >= 15 is 0 Å². The van der Waals surface area contributed by atoms with Crippen molar-refractivity contribution in [3.63, 3.8) is 0 Å². The Kier molecular flexibility index (Phi) is 4.87. The third-order valence-electron chi connectivity index (χ3n) is 5.64. The van der Waals surface area contributed by atoms with Crippen molar-refractivity contribution in [2.45, 2.75) is 25.9 Å². The molecule has 2 saturated heterocycles. The number of morpholine rings is 2. The highest BCUT2D eigenvalue weighted by Gasteiger charge is 2.28. The molecule has 2 aliphatic rings. The molecule has 2 unspecified atom stereocenters. The number of nitrogens with zero attached hydrogens (tertiary/aromatic N) is 6. The molecule has 2 fully saturated rings. The van der Waals surface area contributed by atoms with Gasteiger partial charge in [0.2, 0.25) is 5.95 Å². The van der Waals surface area contributed by atoms with E-state index in [2.05, 4.69) is 33.6 Å². The molecule has 5 heterocycles. The number of fused-ring (bicyclic) bond motifs is 1. The van der Waals surface area contributed by atoms with Crippen molar-refractivity contribution in [2.75, 3.05) is 55.1 Å². The fourth-order valence-electron chi connectivity index (χ4n) is 3.96. The number of aromatic nitrogens is 5. The summed E-state index contributed by atoms with van der Waals surface area (Å²) in [7, 11) is 0. The summed E-state index contributed by atoms with van der Waals surface area (Å²) in [4.78, 5) is 26.6. The molecule has 5 rings (SSSR count). The predicted molar refractivity (Wildman–Crippen MR) is 115 cm³/mol. The van der Waals surface area contributed by atoms with E-state index in [0.717, 1.165) is 30.0 Å². The molecular formula is C20H26N8O2. The number of pyridine rings is 1. The second-order valence-electron chi connectivity index (χ2n) is 7.84.